The summed E-state index contributed by atoms with van der Waals surface area (Å²) in [6.45, 7) is 1.69. The van der Waals surface area contributed by atoms with Crippen LogP contribution in [0.5, 0.6) is 0 Å². The molecular formula is C14H20ClNO2. The van der Waals surface area contributed by atoms with Crippen molar-refractivity contribution in [1.29, 1.82) is 0 Å². The van der Waals surface area contributed by atoms with Crippen molar-refractivity contribution in [2.75, 3.05) is 12.5 Å². The number of hydrogen-bond donors (Lipinski definition) is 2. The van der Waals surface area contributed by atoms with Gasteiger partial charge in [0.15, 0.2) is 0 Å². The summed E-state index contributed by atoms with van der Waals surface area (Å²) in [6.07, 6.45) is 2.04. The van der Waals surface area contributed by atoms with E-state index in [1.54, 1.807) is 0 Å². The van der Waals surface area contributed by atoms with Crippen molar-refractivity contribution in [2.24, 2.45) is 0 Å². The van der Waals surface area contributed by atoms with E-state index in [1.165, 1.54) is 0 Å². The second-order valence-corrected chi connectivity index (χ2v) is 4.93. The van der Waals surface area contributed by atoms with E-state index in [4.69, 9.17) is 11.6 Å². The molecule has 1 amide bonds. The Kier molecular flexibility index (Phi) is 6.16. The van der Waals surface area contributed by atoms with Crippen LogP contribution in [0.2, 0.25) is 0 Å². The predicted octanol–water partition coefficient (Wildman–Crippen LogP) is 2.42. The highest BCUT2D eigenvalue weighted by atomic mass is 35.5. The molecular weight excluding hydrogens is 250 g/mol. The molecule has 1 unspecified atom stereocenters. The fourth-order valence-electron chi connectivity index (χ4n) is 1.76. The summed E-state index contributed by atoms with van der Waals surface area (Å²) in [7, 11) is 0. The highest BCUT2D eigenvalue weighted by Crippen LogP contribution is 2.20. The smallest absolute Gasteiger partial charge is 0.220 e. The van der Waals surface area contributed by atoms with Crippen molar-refractivity contribution < 1.29 is 9.90 Å². The molecule has 0 saturated heterocycles. The van der Waals surface area contributed by atoms with Crippen LogP contribution in [0.15, 0.2) is 30.3 Å². The lowest BCUT2D eigenvalue weighted by Gasteiger charge is -2.29. The van der Waals surface area contributed by atoms with Crippen LogP contribution in [0.25, 0.3) is 0 Å². The van der Waals surface area contributed by atoms with Gasteiger partial charge in [0.2, 0.25) is 5.91 Å². The molecule has 18 heavy (non-hydrogen) atoms. The molecule has 1 aromatic rings. The van der Waals surface area contributed by atoms with Gasteiger partial charge in [0.25, 0.3) is 0 Å². The van der Waals surface area contributed by atoms with E-state index in [9.17, 15) is 9.90 Å². The first-order valence-electron chi connectivity index (χ1n) is 6.16. The Morgan fingerprint density at radius 2 is 2.00 bits per heavy atom. The van der Waals surface area contributed by atoms with Crippen LogP contribution in [0.4, 0.5) is 0 Å². The first-order valence-corrected chi connectivity index (χ1v) is 6.69. The second kappa shape index (κ2) is 7.39. The van der Waals surface area contributed by atoms with Gasteiger partial charge in [-0.15, -0.1) is 11.6 Å². The number of alkyl halides is 1. The van der Waals surface area contributed by atoms with Gasteiger partial charge in [-0.05, 0) is 25.3 Å². The lowest BCUT2D eigenvalue weighted by atomic mass is 9.92. The zero-order valence-electron chi connectivity index (χ0n) is 10.7. The van der Waals surface area contributed by atoms with Gasteiger partial charge >= 0.3 is 0 Å². The molecule has 1 aromatic carbocycles. The molecule has 0 radical (unpaired) electrons. The van der Waals surface area contributed by atoms with Crippen molar-refractivity contribution in [3.8, 4) is 0 Å². The number of hydrogen-bond acceptors (Lipinski definition) is 2. The number of benzene rings is 1. The fourth-order valence-corrected chi connectivity index (χ4v) is 1.95. The maximum absolute atomic E-state index is 11.8. The minimum Gasteiger partial charge on any atom is -0.394 e. The van der Waals surface area contributed by atoms with Crippen LogP contribution < -0.4 is 5.32 Å². The Morgan fingerprint density at radius 3 is 2.56 bits per heavy atom. The monoisotopic (exact) mass is 269 g/mol. The second-order valence-electron chi connectivity index (χ2n) is 4.55. The lowest BCUT2D eigenvalue weighted by molar-refractivity contribution is -0.123. The van der Waals surface area contributed by atoms with Crippen LogP contribution in [0, 0.1) is 0 Å². The number of carbonyl (C=O) groups excluding carboxylic acids is 1. The standard InChI is InChI=1S/C14H20ClNO2/c1-14(11-17,12-7-3-2-4-8-12)16-13(18)9-5-6-10-15/h2-4,7-8,17H,5-6,9-11H2,1H3,(H,16,18). The Balaban J connectivity index is 2.63. The molecule has 0 heterocycles. The molecule has 0 aromatic heterocycles. The minimum absolute atomic E-state index is 0.0551. The van der Waals surface area contributed by atoms with E-state index in [2.05, 4.69) is 5.32 Å². The fraction of sp³-hybridized carbons (Fsp3) is 0.500. The number of carbonyl (C=O) groups is 1. The van der Waals surface area contributed by atoms with E-state index < -0.39 is 5.54 Å². The largest absolute Gasteiger partial charge is 0.394 e. The van der Waals surface area contributed by atoms with E-state index in [0.717, 1.165) is 18.4 Å². The molecule has 0 fully saturated rings. The van der Waals surface area contributed by atoms with Crippen LogP contribution in [0.3, 0.4) is 0 Å². The number of aliphatic hydroxyl groups is 1. The zero-order valence-corrected chi connectivity index (χ0v) is 11.4. The average Bonchev–Trinajstić information content (AvgIpc) is 2.40. The molecule has 3 nitrogen and oxygen atoms in total. The molecule has 2 N–H and O–H groups in total. The van der Waals surface area contributed by atoms with Crippen molar-refractivity contribution in [3.05, 3.63) is 35.9 Å². The molecule has 0 aliphatic rings. The van der Waals surface area contributed by atoms with Gasteiger partial charge in [0, 0.05) is 12.3 Å². The summed E-state index contributed by atoms with van der Waals surface area (Å²) in [5.74, 6) is 0.518. The van der Waals surface area contributed by atoms with Crippen LogP contribution in [-0.4, -0.2) is 23.5 Å². The average molecular weight is 270 g/mol. The third-order valence-corrected chi connectivity index (χ3v) is 3.20. The number of nitrogens with one attached hydrogen (secondary N) is 1. The molecule has 100 valence electrons. The van der Waals surface area contributed by atoms with Gasteiger partial charge in [-0.3, -0.25) is 4.79 Å². The molecule has 4 heteroatoms. The van der Waals surface area contributed by atoms with Gasteiger partial charge in [-0.25, -0.2) is 0 Å². The normalized spacial score (nSPS) is 13.9. The highest BCUT2D eigenvalue weighted by molar-refractivity contribution is 6.17. The SMILES string of the molecule is CC(CO)(NC(=O)CCCCCl)c1ccccc1. The molecule has 1 rings (SSSR count). The topological polar surface area (TPSA) is 49.3 Å². The molecule has 0 aliphatic carbocycles. The van der Waals surface area contributed by atoms with E-state index in [1.807, 2.05) is 37.3 Å². The van der Waals surface area contributed by atoms with E-state index in [-0.39, 0.29) is 12.5 Å². The molecule has 0 spiro atoms. The molecule has 0 aliphatic heterocycles. The first-order chi connectivity index (χ1) is 8.62. The predicted molar refractivity (Wildman–Crippen MR) is 73.6 cm³/mol. The van der Waals surface area contributed by atoms with Crippen molar-refractivity contribution in [2.45, 2.75) is 31.7 Å². The first kappa shape index (κ1) is 15.0. The summed E-state index contributed by atoms with van der Waals surface area (Å²) in [4.78, 5) is 11.8. The van der Waals surface area contributed by atoms with Crippen molar-refractivity contribution in [1.82, 2.24) is 5.32 Å². The van der Waals surface area contributed by atoms with Gasteiger partial charge in [-0.2, -0.15) is 0 Å². The van der Waals surface area contributed by atoms with Crippen LogP contribution >= 0.6 is 11.6 Å². The van der Waals surface area contributed by atoms with Gasteiger partial charge in [0.05, 0.1) is 12.1 Å². The number of rotatable bonds is 7. The third kappa shape index (κ3) is 4.31. The highest BCUT2D eigenvalue weighted by Gasteiger charge is 2.27. The van der Waals surface area contributed by atoms with E-state index >= 15 is 0 Å². The number of amides is 1. The van der Waals surface area contributed by atoms with Gasteiger partial charge in [0.1, 0.15) is 0 Å². The quantitative estimate of drug-likeness (QED) is 0.590. The van der Waals surface area contributed by atoms with Gasteiger partial charge in [-0.1, -0.05) is 30.3 Å². The zero-order chi connectivity index (χ0) is 13.4. The van der Waals surface area contributed by atoms with E-state index in [0.29, 0.717) is 12.3 Å². The summed E-state index contributed by atoms with van der Waals surface area (Å²) < 4.78 is 0. The molecule has 0 bridgehead atoms. The lowest BCUT2D eigenvalue weighted by Crippen LogP contribution is -2.46. The maximum atomic E-state index is 11.8. The van der Waals surface area contributed by atoms with Crippen LogP contribution in [-0.2, 0) is 10.3 Å². The summed E-state index contributed by atoms with van der Waals surface area (Å²) >= 11 is 5.57. The number of aliphatic hydroxyl groups excluding tert-OH is 1. The Morgan fingerprint density at radius 1 is 1.33 bits per heavy atom. The number of unbranched alkanes of at least 4 members (excludes halogenated alkanes) is 1. The minimum atomic E-state index is -0.723. The molecule has 0 saturated carbocycles. The summed E-state index contributed by atoms with van der Waals surface area (Å²) in [5.41, 5.74) is 0.178. The maximum Gasteiger partial charge on any atom is 0.220 e. The van der Waals surface area contributed by atoms with Gasteiger partial charge < -0.3 is 10.4 Å². The Bertz CT molecular complexity index is 369. The van der Waals surface area contributed by atoms with Crippen molar-refractivity contribution in [3.63, 3.8) is 0 Å². The summed E-state index contributed by atoms with van der Waals surface area (Å²) in [5, 5.41) is 12.4. The van der Waals surface area contributed by atoms with Crippen LogP contribution in [0.1, 0.15) is 31.7 Å². The van der Waals surface area contributed by atoms with Crippen molar-refractivity contribution >= 4 is 17.5 Å². The Hall–Kier alpha value is -1.06. The molecule has 1 atom stereocenters. The Labute approximate surface area is 113 Å². The summed E-state index contributed by atoms with van der Waals surface area (Å²) in [6, 6.07) is 9.49. The number of halogens is 1. The third-order valence-electron chi connectivity index (χ3n) is 2.93.